The summed E-state index contributed by atoms with van der Waals surface area (Å²) in [4.78, 5) is 0. The van der Waals surface area contributed by atoms with E-state index in [1.807, 2.05) is 0 Å². The van der Waals surface area contributed by atoms with E-state index in [1.165, 1.54) is 25.7 Å². The van der Waals surface area contributed by atoms with Crippen LogP contribution in [0.25, 0.3) is 0 Å². The molecule has 0 aromatic heterocycles. The van der Waals surface area contributed by atoms with Gasteiger partial charge in [-0.3, -0.25) is 0 Å². The summed E-state index contributed by atoms with van der Waals surface area (Å²) >= 11 is 2.16. The summed E-state index contributed by atoms with van der Waals surface area (Å²) in [7, 11) is 0. The third-order valence-electron chi connectivity index (χ3n) is 2.91. The van der Waals surface area contributed by atoms with E-state index in [0.717, 1.165) is 5.92 Å². The van der Waals surface area contributed by atoms with Crippen molar-refractivity contribution >= 4 is 11.8 Å². The molecule has 0 heterocycles. The van der Waals surface area contributed by atoms with Gasteiger partial charge < -0.3 is 0 Å². The highest BCUT2D eigenvalue weighted by atomic mass is 32.2. The average molecular weight is 200 g/mol. The molecule has 0 aromatic rings. The molecule has 1 aliphatic rings. The van der Waals surface area contributed by atoms with E-state index < -0.39 is 0 Å². The second-order valence-corrected chi connectivity index (χ2v) is 8.28. The number of hydrogen-bond acceptors (Lipinski definition) is 1. The van der Waals surface area contributed by atoms with Crippen molar-refractivity contribution in [1.82, 2.24) is 0 Å². The van der Waals surface area contributed by atoms with E-state index in [4.69, 9.17) is 0 Å². The van der Waals surface area contributed by atoms with E-state index in [2.05, 4.69) is 46.4 Å². The van der Waals surface area contributed by atoms with Gasteiger partial charge in [0.15, 0.2) is 0 Å². The van der Waals surface area contributed by atoms with Crippen LogP contribution in [0.15, 0.2) is 0 Å². The summed E-state index contributed by atoms with van der Waals surface area (Å²) < 4.78 is 0.890. The zero-order valence-electron chi connectivity index (χ0n) is 9.81. The number of rotatable bonds is 2. The third kappa shape index (κ3) is 3.53. The van der Waals surface area contributed by atoms with Crippen LogP contribution >= 0.6 is 11.8 Å². The van der Waals surface area contributed by atoms with Crippen molar-refractivity contribution in [3.8, 4) is 0 Å². The molecule has 78 valence electrons. The third-order valence-corrected chi connectivity index (χ3v) is 4.38. The Morgan fingerprint density at radius 3 is 1.77 bits per heavy atom. The van der Waals surface area contributed by atoms with Crippen molar-refractivity contribution in [3.63, 3.8) is 0 Å². The quantitative estimate of drug-likeness (QED) is 0.633. The summed E-state index contributed by atoms with van der Waals surface area (Å²) in [6, 6.07) is 0. The second kappa shape index (κ2) is 3.84. The van der Waals surface area contributed by atoms with Gasteiger partial charge in [-0.05, 0) is 18.8 Å². The summed E-state index contributed by atoms with van der Waals surface area (Å²) in [6.07, 6.45) is 5.82. The highest BCUT2D eigenvalue weighted by Gasteiger charge is 2.35. The molecule has 0 saturated heterocycles. The topological polar surface area (TPSA) is 0 Å². The predicted octanol–water partition coefficient (Wildman–Crippen LogP) is 4.49. The maximum absolute atomic E-state index is 2.43. The minimum absolute atomic E-state index is 0.409. The first-order chi connectivity index (χ1) is 5.81. The molecule has 0 aromatic carbocycles. The molecule has 0 N–H and O–H groups in total. The molecule has 1 aliphatic carbocycles. The first-order valence-corrected chi connectivity index (χ1v) is 6.33. The fourth-order valence-electron chi connectivity index (χ4n) is 2.49. The van der Waals surface area contributed by atoms with Crippen LogP contribution in [0.2, 0.25) is 0 Å². The fraction of sp³-hybridized carbons (Fsp3) is 1.00. The fourth-order valence-corrected chi connectivity index (χ4v) is 4.47. The Bertz CT molecular complexity index is 158. The van der Waals surface area contributed by atoms with Crippen molar-refractivity contribution in [2.45, 2.75) is 69.8 Å². The Hall–Kier alpha value is 0.350. The molecular formula is C12H24S. The van der Waals surface area contributed by atoms with E-state index in [1.54, 1.807) is 0 Å². The molecule has 0 unspecified atom stereocenters. The van der Waals surface area contributed by atoms with Crippen LogP contribution in [0, 0.1) is 5.92 Å². The van der Waals surface area contributed by atoms with E-state index in [0.29, 0.717) is 9.49 Å². The summed E-state index contributed by atoms with van der Waals surface area (Å²) in [5.41, 5.74) is 0. The van der Waals surface area contributed by atoms with Crippen LogP contribution in [0.4, 0.5) is 0 Å². The summed E-state index contributed by atoms with van der Waals surface area (Å²) in [6.45, 7) is 11.8. The molecule has 0 amide bonds. The minimum atomic E-state index is 0.409. The molecule has 13 heavy (non-hydrogen) atoms. The van der Waals surface area contributed by atoms with Gasteiger partial charge in [-0.15, -0.1) is 11.8 Å². The van der Waals surface area contributed by atoms with Gasteiger partial charge in [0.2, 0.25) is 0 Å². The molecule has 0 radical (unpaired) electrons. The molecule has 1 fully saturated rings. The Morgan fingerprint density at radius 1 is 0.923 bits per heavy atom. The van der Waals surface area contributed by atoms with Crippen LogP contribution in [-0.2, 0) is 0 Å². The predicted molar refractivity (Wildman–Crippen MR) is 63.4 cm³/mol. The van der Waals surface area contributed by atoms with Gasteiger partial charge in [0, 0.05) is 9.49 Å². The largest absolute Gasteiger partial charge is 0.149 e. The lowest BCUT2D eigenvalue weighted by Gasteiger charge is -2.37. The van der Waals surface area contributed by atoms with Crippen LogP contribution < -0.4 is 0 Å². The maximum atomic E-state index is 2.43. The maximum Gasteiger partial charge on any atom is 0.0137 e. The molecular weight excluding hydrogens is 176 g/mol. The summed E-state index contributed by atoms with van der Waals surface area (Å²) in [5.74, 6) is 0.955. The Morgan fingerprint density at radius 2 is 1.38 bits per heavy atom. The molecule has 1 rings (SSSR count). The monoisotopic (exact) mass is 200 g/mol. The molecule has 0 aliphatic heterocycles. The molecule has 1 saturated carbocycles. The van der Waals surface area contributed by atoms with Crippen molar-refractivity contribution in [3.05, 3.63) is 0 Å². The molecule has 0 atom stereocenters. The van der Waals surface area contributed by atoms with Gasteiger partial charge in [0.1, 0.15) is 0 Å². The number of thioether (sulfide) groups is 1. The van der Waals surface area contributed by atoms with Gasteiger partial charge >= 0.3 is 0 Å². The van der Waals surface area contributed by atoms with Crippen LogP contribution in [0.1, 0.15) is 60.3 Å². The molecule has 0 nitrogen and oxygen atoms in total. The van der Waals surface area contributed by atoms with E-state index in [-0.39, 0.29) is 0 Å². The standard InChI is InChI=1S/C12H24S/c1-11(2,3)13-12(4,5)10-8-6-7-9-10/h10H,6-9H2,1-5H3. The lowest BCUT2D eigenvalue weighted by molar-refractivity contribution is 0.432. The number of hydrogen-bond donors (Lipinski definition) is 0. The van der Waals surface area contributed by atoms with Crippen LogP contribution in [-0.4, -0.2) is 9.49 Å². The van der Waals surface area contributed by atoms with Crippen molar-refractivity contribution in [1.29, 1.82) is 0 Å². The molecule has 1 heteroatoms. The zero-order chi connectivity index (χ0) is 10.1. The molecule has 0 bridgehead atoms. The van der Waals surface area contributed by atoms with Crippen LogP contribution in [0.5, 0.6) is 0 Å². The van der Waals surface area contributed by atoms with E-state index in [9.17, 15) is 0 Å². The summed E-state index contributed by atoms with van der Waals surface area (Å²) in [5, 5.41) is 0. The van der Waals surface area contributed by atoms with Gasteiger partial charge in [-0.25, -0.2) is 0 Å². The molecule has 0 spiro atoms. The SMILES string of the molecule is CC(C)(C)SC(C)(C)C1CCCC1. The van der Waals surface area contributed by atoms with Gasteiger partial charge in [0.25, 0.3) is 0 Å². The smallest absolute Gasteiger partial charge is 0.0137 e. The average Bonchev–Trinajstić information content (AvgIpc) is 2.29. The minimum Gasteiger partial charge on any atom is -0.149 e. The Balaban J connectivity index is 2.53. The van der Waals surface area contributed by atoms with Crippen molar-refractivity contribution < 1.29 is 0 Å². The van der Waals surface area contributed by atoms with Crippen molar-refractivity contribution in [2.75, 3.05) is 0 Å². The normalized spacial score (nSPS) is 21.0. The Kier molecular flexibility index (Phi) is 3.38. The highest BCUT2D eigenvalue weighted by Crippen LogP contribution is 2.46. The van der Waals surface area contributed by atoms with Gasteiger partial charge in [-0.2, -0.15) is 0 Å². The first kappa shape index (κ1) is 11.4. The first-order valence-electron chi connectivity index (χ1n) is 5.51. The van der Waals surface area contributed by atoms with E-state index >= 15 is 0 Å². The lowest BCUT2D eigenvalue weighted by Crippen LogP contribution is -2.30. The Labute approximate surface area is 87.9 Å². The zero-order valence-corrected chi connectivity index (χ0v) is 10.6. The van der Waals surface area contributed by atoms with Crippen molar-refractivity contribution in [2.24, 2.45) is 5.92 Å². The lowest BCUT2D eigenvalue weighted by atomic mass is 9.93. The van der Waals surface area contributed by atoms with Crippen LogP contribution in [0.3, 0.4) is 0 Å². The second-order valence-electron chi connectivity index (χ2n) is 5.80. The van der Waals surface area contributed by atoms with Gasteiger partial charge in [0.05, 0.1) is 0 Å². The van der Waals surface area contributed by atoms with Gasteiger partial charge in [-0.1, -0.05) is 47.5 Å². The highest BCUT2D eigenvalue weighted by molar-refractivity contribution is 8.01.